The summed E-state index contributed by atoms with van der Waals surface area (Å²) in [7, 11) is 1.53. The maximum absolute atomic E-state index is 13.4. The van der Waals surface area contributed by atoms with E-state index in [1.54, 1.807) is 41.3 Å². The highest BCUT2D eigenvalue weighted by Gasteiger charge is 2.26. The van der Waals surface area contributed by atoms with Crippen molar-refractivity contribution in [3.05, 3.63) is 57.8 Å². The summed E-state index contributed by atoms with van der Waals surface area (Å²) >= 11 is 7.55. The number of fused-ring (bicyclic) bond motifs is 1. The van der Waals surface area contributed by atoms with Gasteiger partial charge in [0.1, 0.15) is 5.75 Å². The molecule has 0 saturated carbocycles. The number of benzene rings is 2. The van der Waals surface area contributed by atoms with Crippen LogP contribution in [0.25, 0.3) is 16.6 Å². The Bertz CT molecular complexity index is 1210. The van der Waals surface area contributed by atoms with Crippen molar-refractivity contribution in [3.63, 3.8) is 0 Å². The van der Waals surface area contributed by atoms with E-state index in [1.165, 1.54) is 23.4 Å². The van der Waals surface area contributed by atoms with Gasteiger partial charge >= 0.3 is 0 Å². The van der Waals surface area contributed by atoms with E-state index in [9.17, 15) is 9.59 Å². The molecular formula is C23H24ClN3O4S. The van der Waals surface area contributed by atoms with Gasteiger partial charge in [-0.2, -0.15) is 0 Å². The predicted octanol–water partition coefficient (Wildman–Crippen LogP) is 3.78. The Balaban J connectivity index is 1.70. The molecule has 0 bridgehead atoms. The number of nitrogens with zero attached hydrogens (tertiary/aromatic N) is 3. The number of hydrogen-bond donors (Lipinski definition) is 0. The van der Waals surface area contributed by atoms with Crippen molar-refractivity contribution in [1.82, 2.24) is 14.5 Å². The number of morpholine rings is 1. The molecule has 168 valence electrons. The second kappa shape index (κ2) is 9.52. The van der Waals surface area contributed by atoms with Crippen molar-refractivity contribution in [2.24, 2.45) is 0 Å². The molecule has 1 amide bonds. The highest BCUT2D eigenvalue weighted by atomic mass is 35.5. The molecule has 0 N–H and O–H groups in total. The van der Waals surface area contributed by atoms with Gasteiger partial charge < -0.3 is 14.4 Å². The number of rotatable bonds is 5. The molecular weight excluding hydrogens is 450 g/mol. The van der Waals surface area contributed by atoms with Crippen LogP contribution in [0.2, 0.25) is 5.02 Å². The molecule has 9 heteroatoms. The summed E-state index contributed by atoms with van der Waals surface area (Å²) < 4.78 is 12.4. The van der Waals surface area contributed by atoms with E-state index in [-0.39, 0.29) is 29.4 Å². The molecule has 0 unspecified atom stereocenters. The molecule has 0 aliphatic carbocycles. The summed E-state index contributed by atoms with van der Waals surface area (Å²) in [4.78, 5) is 32.8. The van der Waals surface area contributed by atoms with E-state index in [4.69, 9.17) is 21.1 Å². The van der Waals surface area contributed by atoms with Gasteiger partial charge in [-0.1, -0.05) is 35.5 Å². The molecule has 1 aliphatic rings. The number of ether oxygens (including phenoxy) is 2. The van der Waals surface area contributed by atoms with Crippen LogP contribution in [-0.4, -0.2) is 58.5 Å². The van der Waals surface area contributed by atoms with Gasteiger partial charge in [-0.15, -0.1) is 0 Å². The highest BCUT2D eigenvalue weighted by Crippen LogP contribution is 2.29. The van der Waals surface area contributed by atoms with Crippen molar-refractivity contribution < 1.29 is 14.3 Å². The molecule has 1 aliphatic heterocycles. The molecule has 4 rings (SSSR count). The van der Waals surface area contributed by atoms with Crippen LogP contribution >= 0.6 is 23.4 Å². The first-order valence-electron chi connectivity index (χ1n) is 10.3. The van der Waals surface area contributed by atoms with Gasteiger partial charge in [0.15, 0.2) is 5.16 Å². The van der Waals surface area contributed by atoms with E-state index in [2.05, 4.69) is 4.98 Å². The molecule has 1 aromatic heterocycles. The molecule has 0 radical (unpaired) electrons. The standard InChI is InChI=1S/C23H24ClN3O4S/c1-14-11-26(12-15(2)31-14)21(28)13-32-23-25-19-7-5-4-6-17(19)22(29)27(23)16-8-9-20(30-3)18(24)10-16/h4-10,14-15H,11-13H2,1-3H3/t14-,15+. The number of halogens is 1. The molecule has 1 fully saturated rings. The third kappa shape index (κ3) is 4.62. The number of carbonyl (C=O) groups is 1. The Hall–Kier alpha value is -2.55. The molecule has 0 spiro atoms. The summed E-state index contributed by atoms with van der Waals surface area (Å²) in [6.45, 7) is 5.02. The van der Waals surface area contributed by atoms with Crippen molar-refractivity contribution in [2.45, 2.75) is 31.2 Å². The van der Waals surface area contributed by atoms with Crippen LogP contribution in [-0.2, 0) is 9.53 Å². The van der Waals surface area contributed by atoms with Crippen LogP contribution < -0.4 is 10.3 Å². The van der Waals surface area contributed by atoms with E-state index >= 15 is 0 Å². The lowest BCUT2D eigenvalue weighted by Gasteiger charge is -2.35. The monoisotopic (exact) mass is 473 g/mol. The first-order chi connectivity index (χ1) is 15.4. The van der Waals surface area contributed by atoms with Crippen LogP contribution in [0.5, 0.6) is 5.75 Å². The second-order valence-electron chi connectivity index (χ2n) is 7.72. The second-order valence-corrected chi connectivity index (χ2v) is 9.07. The zero-order chi connectivity index (χ0) is 22.8. The third-order valence-corrected chi connectivity index (χ3v) is 6.45. The Morgan fingerprint density at radius 2 is 1.94 bits per heavy atom. The minimum Gasteiger partial charge on any atom is -0.495 e. The maximum Gasteiger partial charge on any atom is 0.266 e. The van der Waals surface area contributed by atoms with E-state index < -0.39 is 0 Å². The zero-order valence-corrected chi connectivity index (χ0v) is 19.7. The Labute approximate surface area is 195 Å². The quantitative estimate of drug-likeness (QED) is 0.415. The summed E-state index contributed by atoms with van der Waals surface area (Å²) in [6, 6.07) is 12.3. The molecule has 1 saturated heterocycles. The smallest absolute Gasteiger partial charge is 0.266 e. The van der Waals surface area contributed by atoms with Crippen molar-refractivity contribution in [3.8, 4) is 11.4 Å². The average molecular weight is 474 g/mol. The van der Waals surface area contributed by atoms with Crippen LogP contribution in [0.4, 0.5) is 0 Å². The number of aromatic nitrogens is 2. The third-order valence-electron chi connectivity index (χ3n) is 5.24. The minimum absolute atomic E-state index is 0.00823. The Kier molecular flexibility index (Phi) is 6.74. The number of carbonyl (C=O) groups excluding carboxylic acids is 1. The van der Waals surface area contributed by atoms with Crippen LogP contribution in [0, 0.1) is 0 Å². The van der Waals surface area contributed by atoms with Crippen LogP contribution in [0.3, 0.4) is 0 Å². The first kappa shape index (κ1) is 22.6. The number of amides is 1. The summed E-state index contributed by atoms with van der Waals surface area (Å²) in [5.74, 6) is 0.657. The maximum atomic E-state index is 13.4. The minimum atomic E-state index is -0.222. The van der Waals surface area contributed by atoms with E-state index in [0.29, 0.717) is 45.6 Å². The average Bonchev–Trinajstić information content (AvgIpc) is 2.77. The van der Waals surface area contributed by atoms with Crippen LogP contribution in [0.1, 0.15) is 13.8 Å². The Morgan fingerprint density at radius 3 is 2.62 bits per heavy atom. The topological polar surface area (TPSA) is 73.7 Å². The summed E-state index contributed by atoms with van der Waals surface area (Å²) in [5, 5.41) is 1.30. The fourth-order valence-electron chi connectivity index (χ4n) is 3.83. The van der Waals surface area contributed by atoms with Gasteiger partial charge in [-0.05, 0) is 44.2 Å². The molecule has 2 aromatic carbocycles. The highest BCUT2D eigenvalue weighted by molar-refractivity contribution is 7.99. The van der Waals surface area contributed by atoms with Crippen LogP contribution in [0.15, 0.2) is 52.4 Å². The molecule has 7 nitrogen and oxygen atoms in total. The lowest BCUT2D eigenvalue weighted by molar-refractivity contribution is -0.140. The first-order valence-corrected chi connectivity index (χ1v) is 11.7. The molecule has 32 heavy (non-hydrogen) atoms. The molecule has 2 atom stereocenters. The molecule has 3 aromatic rings. The zero-order valence-electron chi connectivity index (χ0n) is 18.1. The normalized spacial score (nSPS) is 18.7. The van der Waals surface area contributed by atoms with Gasteiger partial charge in [0.2, 0.25) is 5.91 Å². The fraction of sp³-hybridized carbons (Fsp3) is 0.348. The van der Waals surface area contributed by atoms with Gasteiger partial charge in [0.05, 0.1) is 46.7 Å². The lowest BCUT2D eigenvalue weighted by Crippen LogP contribution is -2.48. The number of thioether (sulfide) groups is 1. The van der Waals surface area contributed by atoms with Gasteiger partial charge in [0, 0.05) is 13.1 Å². The fourth-order valence-corrected chi connectivity index (χ4v) is 5.00. The Morgan fingerprint density at radius 1 is 1.22 bits per heavy atom. The summed E-state index contributed by atoms with van der Waals surface area (Å²) in [6.07, 6.45) is -0.0165. The van der Waals surface area contributed by atoms with Crippen molar-refractivity contribution in [1.29, 1.82) is 0 Å². The number of para-hydroxylation sites is 1. The summed E-state index contributed by atoms with van der Waals surface area (Å²) in [5.41, 5.74) is 0.917. The number of methoxy groups -OCH3 is 1. The number of hydrogen-bond acceptors (Lipinski definition) is 6. The largest absolute Gasteiger partial charge is 0.495 e. The van der Waals surface area contributed by atoms with Gasteiger partial charge in [0.25, 0.3) is 5.56 Å². The van der Waals surface area contributed by atoms with E-state index in [1.807, 2.05) is 19.9 Å². The van der Waals surface area contributed by atoms with Gasteiger partial charge in [-0.3, -0.25) is 14.2 Å². The SMILES string of the molecule is COc1ccc(-n2c(SCC(=O)N3C[C@@H](C)O[C@@H](C)C3)nc3ccccc3c2=O)cc1Cl. The predicted molar refractivity (Wildman–Crippen MR) is 126 cm³/mol. The van der Waals surface area contributed by atoms with E-state index in [0.717, 1.165) is 0 Å². The van der Waals surface area contributed by atoms with Crippen molar-refractivity contribution >= 4 is 40.2 Å². The molecule has 2 heterocycles. The van der Waals surface area contributed by atoms with Crippen molar-refractivity contribution in [2.75, 3.05) is 26.0 Å². The van der Waals surface area contributed by atoms with Gasteiger partial charge in [-0.25, -0.2) is 4.98 Å². The lowest BCUT2D eigenvalue weighted by atomic mass is 10.2.